The Bertz CT molecular complexity index is 2120. The third kappa shape index (κ3) is 20.9. The zero-order valence-corrected chi connectivity index (χ0v) is 43.6. The molecule has 74 heavy (non-hydrogen) atoms. The number of guanidine groups is 2. The summed E-state index contributed by atoms with van der Waals surface area (Å²) in [7, 11) is 0. The third-order valence-corrected chi connectivity index (χ3v) is 13.5. The van der Waals surface area contributed by atoms with E-state index in [0.29, 0.717) is 68.7 Å². The van der Waals surface area contributed by atoms with E-state index in [1.165, 1.54) is 33.3 Å². The van der Waals surface area contributed by atoms with Crippen LogP contribution in [0.2, 0.25) is 0 Å². The maximum absolute atomic E-state index is 14.0. The molecule has 2 aliphatic heterocycles. The second kappa shape index (κ2) is 32.7. The predicted octanol–water partition coefficient (Wildman–Crippen LogP) is -4.23. The number of carboxylic acids is 1. The van der Waals surface area contributed by atoms with Crippen molar-refractivity contribution in [1.29, 1.82) is 0 Å². The first-order valence-electron chi connectivity index (χ1n) is 24.4. The molecular weight excluding hydrogens is 1000 g/mol. The van der Waals surface area contributed by atoms with Crippen LogP contribution in [0.15, 0.2) is 40.3 Å². The van der Waals surface area contributed by atoms with Crippen molar-refractivity contribution < 1.29 is 53.4 Å². The van der Waals surface area contributed by atoms with Gasteiger partial charge < -0.3 is 80.6 Å². The molecule has 2 aliphatic rings. The number of nitrogens with two attached hydrogens (primary N) is 5. The Balaban J connectivity index is 1.67. The molecule has 3 rings (SSSR count). The van der Waals surface area contributed by atoms with Crippen LogP contribution in [0, 0.1) is 0 Å². The number of amides is 8. The van der Waals surface area contributed by atoms with E-state index in [9.17, 15) is 53.4 Å². The number of nitrogens with one attached hydrogen (secondary N) is 6. The highest BCUT2D eigenvalue weighted by molar-refractivity contribution is 7.98. The van der Waals surface area contributed by atoms with E-state index in [1.54, 1.807) is 42.8 Å². The van der Waals surface area contributed by atoms with E-state index >= 15 is 0 Å². The first-order valence-corrected chi connectivity index (χ1v) is 27.2. The number of aliphatic carboxylic acids is 1. The lowest BCUT2D eigenvalue weighted by Gasteiger charge is -2.32. The van der Waals surface area contributed by atoms with Crippen molar-refractivity contribution in [3.63, 3.8) is 0 Å². The van der Waals surface area contributed by atoms with Gasteiger partial charge in [-0.2, -0.15) is 23.5 Å². The number of hydrogen-bond acceptors (Lipinski definition) is 15. The van der Waals surface area contributed by atoms with E-state index in [1.807, 2.05) is 0 Å². The number of aliphatic hydroxyl groups is 1. The second-order valence-electron chi connectivity index (χ2n) is 17.7. The fourth-order valence-corrected chi connectivity index (χ4v) is 9.22. The highest BCUT2D eigenvalue weighted by Gasteiger charge is 2.43. The van der Waals surface area contributed by atoms with E-state index in [0.717, 1.165) is 0 Å². The van der Waals surface area contributed by atoms with Crippen LogP contribution in [-0.4, -0.2) is 197 Å². The standard InChI is InChI=1S/C46H75N15O11S2/c1-73-22-16-29(55-36(63)25-54-41(68)34-14-8-20-60(34)43(70)35-15-9-21-61(35)42(69)28(47)12-6-18-52-45(48)49)37(64)59-33(26-62)40(67)58-32(24-27-10-4-3-5-11-27)39(66)56-30(17-23-74-2)38(65)57-31(44(71)72)13-7-19-53-46(50)51/h3-5,10-11,28-35,62H,6-9,12-26,47H2,1-2H3,(H,54,68)(H,55,63)(H,56,66)(H,57,65)(H,58,67)(H,59,64)(H,71,72)(H4,48,49,52)(H4,50,51,53)/t28-,29-,30-,31-,32+,33-,34-,35-/m0/s1. The molecule has 2 fully saturated rings. The highest BCUT2D eigenvalue weighted by atomic mass is 32.2. The van der Waals surface area contributed by atoms with Crippen LogP contribution in [0.3, 0.4) is 0 Å². The van der Waals surface area contributed by atoms with Crippen molar-refractivity contribution >= 4 is 88.7 Å². The molecule has 2 saturated heterocycles. The Morgan fingerprint density at radius 2 is 1.16 bits per heavy atom. The SMILES string of the molecule is CSCC[C@H](NC(=O)CNC(=O)[C@@H]1CCCN1C(=O)[C@@H]1CCCN1C(=O)[C@@H](N)CCCN=C(N)N)C(=O)N[C@@H](CO)C(=O)N[C@H](Cc1ccccc1)C(=O)N[C@@H](CCSC)C(=O)N[C@@H](CCCN=C(N)N)C(=O)O. The van der Waals surface area contributed by atoms with Crippen molar-refractivity contribution in [3.8, 4) is 0 Å². The molecule has 412 valence electrons. The summed E-state index contributed by atoms with van der Waals surface area (Å²) in [6.45, 7) is -0.493. The number of carboxylic acid groups (broad SMARTS) is 1. The average Bonchev–Trinajstić information content (AvgIpc) is 4.08. The number of carbonyl (C=O) groups is 9. The average molecular weight is 1080 g/mol. The van der Waals surface area contributed by atoms with Crippen molar-refractivity contribution in [1.82, 2.24) is 41.7 Å². The van der Waals surface area contributed by atoms with Crippen molar-refractivity contribution in [3.05, 3.63) is 35.9 Å². The Labute approximate surface area is 439 Å². The normalized spacial score (nSPS) is 17.5. The van der Waals surface area contributed by atoms with E-state index in [4.69, 9.17) is 28.7 Å². The number of nitrogens with zero attached hydrogens (tertiary/aromatic N) is 4. The van der Waals surface area contributed by atoms with Gasteiger partial charge in [-0.25, -0.2) is 4.79 Å². The molecule has 26 nitrogen and oxygen atoms in total. The van der Waals surface area contributed by atoms with Crippen LogP contribution in [0.5, 0.6) is 0 Å². The molecule has 2 heterocycles. The van der Waals surface area contributed by atoms with Gasteiger partial charge in [-0.3, -0.25) is 48.3 Å². The molecule has 8 atom stereocenters. The zero-order valence-electron chi connectivity index (χ0n) is 42.0. The molecule has 0 saturated carbocycles. The molecular formula is C46H75N15O11S2. The van der Waals surface area contributed by atoms with Crippen LogP contribution >= 0.6 is 23.5 Å². The predicted molar refractivity (Wildman–Crippen MR) is 281 cm³/mol. The first kappa shape index (κ1) is 61.9. The third-order valence-electron chi connectivity index (χ3n) is 12.2. The summed E-state index contributed by atoms with van der Waals surface area (Å²) < 4.78 is 0. The number of hydrogen-bond donors (Lipinski definition) is 13. The molecule has 0 unspecified atom stereocenters. The van der Waals surface area contributed by atoms with Crippen molar-refractivity contribution in [2.45, 2.75) is 119 Å². The van der Waals surface area contributed by atoms with Gasteiger partial charge >= 0.3 is 5.97 Å². The molecule has 1 aromatic rings. The van der Waals surface area contributed by atoms with E-state index < -0.39 is 109 Å². The fraction of sp³-hybridized carbons (Fsp3) is 0.630. The minimum atomic E-state index is -1.63. The maximum Gasteiger partial charge on any atom is 0.326 e. The molecule has 0 spiro atoms. The van der Waals surface area contributed by atoms with Crippen LogP contribution in [0.4, 0.5) is 0 Å². The summed E-state index contributed by atoms with van der Waals surface area (Å²) in [5.74, 6) is -6.36. The molecule has 0 aliphatic carbocycles. The zero-order chi connectivity index (χ0) is 54.7. The van der Waals surface area contributed by atoms with Gasteiger partial charge in [0.1, 0.15) is 42.3 Å². The summed E-state index contributed by atoms with van der Waals surface area (Å²) >= 11 is 2.75. The summed E-state index contributed by atoms with van der Waals surface area (Å²) in [4.78, 5) is 132. The van der Waals surface area contributed by atoms with Gasteiger partial charge in [0, 0.05) is 32.6 Å². The smallest absolute Gasteiger partial charge is 0.326 e. The lowest BCUT2D eigenvalue weighted by molar-refractivity contribution is -0.147. The van der Waals surface area contributed by atoms with Gasteiger partial charge in [-0.1, -0.05) is 30.3 Å². The summed E-state index contributed by atoms with van der Waals surface area (Å²) in [6.07, 6.45) is 6.38. The summed E-state index contributed by atoms with van der Waals surface area (Å²) in [5.41, 5.74) is 28.2. The molecule has 18 N–H and O–H groups in total. The quantitative estimate of drug-likeness (QED) is 0.0185. The van der Waals surface area contributed by atoms with Crippen LogP contribution in [0.25, 0.3) is 0 Å². The lowest BCUT2D eigenvalue weighted by atomic mass is 10.0. The number of likely N-dealkylation sites (tertiary alicyclic amines) is 2. The Morgan fingerprint density at radius 1 is 0.662 bits per heavy atom. The largest absolute Gasteiger partial charge is 0.480 e. The number of aliphatic hydroxyl groups excluding tert-OH is 1. The Hall–Kier alpha value is -6.39. The maximum atomic E-state index is 14.0. The minimum absolute atomic E-state index is 0.0160. The van der Waals surface area contributed by atoms with Gasteiger partial charge in [0.05, 0.1) is 19.2 Å². The summed E-state index contributed by atoms with van der Waals surface area (Å²) in [6, 6.07) is -0.830. The first-order chi connectivity index (χ1) is 35.3. The topological polar surface area (TPSA) is 428 Å². The Morgan fingerprint density at radius 3 is 1.73 bits per heavy atom. The van der Waals surface area contributed by atoms with Gasteiger partial charge in [-0.05, 0) is 93.8 Å². The van der Waals surface area contributed by atoms with Gasteiger partial charge in [0.25, 0.3) is 0 Å². The van der Waals surface area contributed by atoms with E-state index in [2.05, 4.69) is 41.9 Å². The second-order valence-corrected chi connectivity index (χ2v) is 19.7. The molecule has 28 heteroatoms. The van der Waals surface area contributed by atoms with E-state index in [-0.39, 0.29) is 63.0 Å². The number of carbonyl (C=O) groups excluding carboxylic acids is 8. The minimum Gasteiger partial charge on any atom is -0.480 e. The van der Waals surface area contributed by atoms with Gasteiger partial charge in [0.2, 0.25) is 47.3 Å². The van der Waals surface area contributed by atoms with Crippen molar-refractivity contribution in [2.75, 3.05) is 63.3 Å². The lowest BCUT2D eigenvalue weighted by Crippen LogP contribution is -2.60. The summed E-state index contributed by atoms with van der Waals surface area (Å²) in [5, 5.41) is 35.4. The molecule has 0 bridgehead atoms. The Kier molecular flexibility index (Phi) is 27.4. The molecule has 8 amide bonds. The molecule has 1 aromatic carbocycles. The highest BCUT2D eigenvalue weighted by Crippen LogP contribution is 2.26. The number of rotatable bonds is 32. The van der Waals surface area contributed by atoms with Crippen LogP contribution in [0.1, 0.15) is 69.8 Å². The number of aliphatic imine (C=N–C) groups is 2. The van der Waals surface area contributed by atoms with Crippen molar-refractivity contribution in [2.24, 2.45) is 38.7 Å². The number of benzene rings is 1. The monoisotopic (exact) mass is 1080 g/mol. The molecule has 0 radical (unpaired) electrons. The van der Waals surface area contributed by atoms with Gasteiger partial charge in [0.15, 0.2) is 11.9 Å². The molecule has 0 aromatic heterocycles. The van der Waals surface area contributed by atoms with Crippen LogP contribution < -0.4 is 60.6 Å². The fourth-order valence-electron chi connectivity index (χ4n) is 8.28. The number of thioether (sulfide) groups is 2. The van der Waals surface area contributed by atoms with Crippen LogP contribution in [-0.2, 0) is 49.6 Å². The van der Waals surface area contributed by atoms with Gasteiger partial charge in [-0.15, -0.1) is 0 Å².